The molecule has 1 unspecified atom stereocenters. The summed E-state index contributed by atoms with van der Waals surface area (Å²) >= 11 is 9.90. The Hall–Kier alpha value is -1.40. The van der Waals surface area contributed by atoms with Gasteiger partial charge < -0.3 is 13.9 Å². The molecule has 0 amide bonds. The summed E-state index contributed by atoms with van der Waals surface area (Å²) in [6, 6.07) is 12.5. The second-order valence-electron chi connectivity index (χ2n) is 14.2. The third-order valence-electron chi connectivity index (χ3n) is 9.42. The summed E-state index contributed by atoms with van der Waals surface area (Å²) in [5.41, 5.74) is 7.45. The summed E-state index contributed by atoms with van der Waals surface area (Å²) in [7, 11) is 0.175. The highest BCUT2D eigenvalue weighted by molar-refractivity contribution is 14.1. The SMILES string of the molecule is CC1(C)C(=CC=C2C[N+](C)(C)CC(C=CC3=[N+](CCS(=O)O)c4ccc(I)cc4C3(C)C)=C2Cl)N(CCS(=O)(=O)O)c2ccc(I)cc21. The van der Waals surface area contributed by atoms with Crippen molar-refractivity contribution in [3.05, 3.63) is 101 Å². The Balaban J connectivity index is 1.57. The van der Waals surface area contributed by atoms with Gasteiger partial charge in [0.2, 0.25) is 5.69 Å². The van der Waals surface area contributed by atoms with Crippen molar-refractivity contribution in [3.63, 3.8) is 0 Å². The van der Waals surface area contributed by atoms with E-state index >= 15 is 0 Å². The number of anilines is 1. The van der Waals surface area contributed by atoms with E-state index in [0.717, 1.165) is 53.2 Å². The first kappa shape index (κ1) is 37.8. The van der Waals surface area contributed by atoms with E-state index in [1.54, 1.807) is 0 Å². The lowest BCUT2D eigenvalue weighted by atomic mass is 9.81. The minimum absolute atomic E-state index is 0.125. The molecule has 3 aliphatic heterocycles. The highest BCUT2D eigenvalue weighted by Crippen LogP contribution is 2.48. The van der Waals surface area contributed by atoms with Crippen LogP contribution in [-0.2, 0) is 32.0 Å². The first-order valence-corrected chi connectivity index (χ1v) is 21.0. The Kier molecular flexibility index (Phi) is 11.0. The molecule has 3 aliphatic rings. The molecule has 0 bridgehead atoms. The molecule has 8 nitrogen and oxygen atoms in total. The quantitative estimate of drug-likeness (QED) is 0.0915. The van der Waals surface area contributed by atoms with Crippen LogP contribution < -0.4 is 4.90 Å². The first-order valence-electron chi connectivity index (χ1n) is 15.6. The molecule has 0 radical (unpaired) electrons. The minimum atomic E-state index is -4.16. The van der Waals surface area contributed by atoms with Gasteiger partial charge in [-0.25, -0.2) is 4.21 Å². The molecule has 1 atom stereocenters. The molecule has 0 aliphatic carbocycles. The Labute approximate surface area is 319 Å². The van der Waals surface area contributed by atoms with E-state index in [1.165, 1.54) is 5.56 Å². The number of hydrogen-bond donors (Lipinski definition) is 2. The highest BCUT2D eigenvalue weighted by Gasteiger charge is 2.45. The van der Waals surface area contributed by atoms with Crippen molar-refractivity contribution in [1.29, 1.82) is 0 Å². The predicted molar refractivity (Wildman–Crippen MR) is 214 cm³/mol. The number of likely N-dealkylation sites (N-methyl/N-ethyl adjacent to an activating group) is 1. The van der Waals surface area contributed by atoms with Crippen molar-refractivity contribution in [3.8, 4) is 0 Å². The molecule has 3 heterocycles. The van der Waals surface area contributed by atoms with Crippen LogP contribution in [0, 0.1) is 7.14 Å². The molecule has 2 aromatic carbocycles. The van der Waals surface area contributed by atoms with Crippen LogP contribution in [0.2, 0.25) is 0 Å². The van der Waals surface area contributed by atoms with Gasteiger partial charge in [-0.2, -0.15) is 13.0 Å². The Morgan fingerprint density at radius 1 is 1.00 bits per heavy atom. The van der Waals surface area contributed by atoms with Crippen molar-refractivity contribution in [2.24, 2.45) is 0 Å². The molecule has 0 saturated heterocycles. The monoisotopic (exact) mass is 937 g/mol. The van der Waals surface area contributed by atoms with Gasteiger partial charge in [-0.15, -0.1) is 0 Å². The van der Waals surface area contributed by atoms with E-state index in [1.807, 2.05) is 23.1 Å². The maximum Gasteiger partial charge on any atom is 0.266 e. The second kappa shape index (κ2) is 14.0. The number of rotatable bonds is 9. The van der Waals surface area contributed by atoms with Gasteiger partial charge in [0.25, 0.3) is 10.1 Å². The van der Waals surface area contributed by atoms with Gasteiger partial charge >= 0.3 is 0 Å². The fraction of sp³-hybridized carbons (Fsp3) is 0.400. The van der Waals surface area contributed by atoms with Crippen LogP contribution in [0.15, 0.2) is 82.6 Å². The molecular formula is C35H42ClI2N3O5S2+2. The van der Waals surface area contributed by atoms with E-state index in [2.05, 4.69) is 134 Å². The number of halogens is 3. The van der Waals surface area contributed by atoms with Crippen molar-refractivity contribution in [2.45, 2.75) is 38.5 Å². The zero-order chi connectivity index (χ0) is 35.4. The van der Waals surface area contributed by atoms with E-state index in [-0.39, 0.29) is 23.5 Å². The molecule has 258 valence electrons. The number of quaternary nitrogens is 1. The predicted octanol–water partition coefficient (Wildman–Crippen LogP) is 7.13. The van der Waals surface area contributed by atoms with Gasteiger partial charge in [0, 0.05) is 59.3 Å². The van der Waals surface area contributed by atoms with Gasteiger partial charge in [-0.1, -0.05) is 31.5 Å². The summed E-state index contributed by atoms with van der Waals surface area (Å²) in [6.07, 6.45) is 8.30. The largest absolute Gasteiger partial charge is 0.343 e. The van der Waals surface area contributed by atoms with Crippen LogP contribution >= 0.6 is 56.8 Å². The summed E-state index contributed by atoms with van der Waals surface area (Å²) < 4.78 is 59.5. The number of allylic oxidation sites excluding steroid dienone is 4. The van der Waals surface area contributed by atoms with E-state index in [4.69, 9.17) is 11.6 Å². The van der Waals surface area contributed by atoms with Crippen molar-refractivity contribution >= 4 is 95.1 Å². The van der Waals surface area contributed by atoms with Crippen LogP contribution in [0.25, 0.3) is 0 Å². The Morgan fingerprint density at radius 2 is 1.65 bits per heavy atom. The van der Waals surface area contributed by atoms with E-state index in [9.17, 15) is 21.7 Å². The second-order valence-corrected chi connectivity index (χ2v) is 19.7. The zero-order valence-electron chi connectivity index (χ0n) is 27.9. The fourth-order valence-electron chi connectivity index (χ4n) is 7.09. The van der Waals surface area contributed by atoms with Crippen molar-refractivity contribution < 1.29 is 30.8 Å². The van der Waals surface area contributed by atoms with Gasteiger partial charge in [-0.05, 0) is 107 Å². The van der Waals surface area contributed by atoms with Crippen molar-refractivity contribution in [2.75, 3.05) is 56.7 Å². The lowest BCUT2D eigenvalue weighted by molar-refractivity contribution is -0.881. The first-order chi connectivity index (χ1) is 22.2. The number of hydrogen-bond acceptors (Lipinski definition) is 4. The van der Waals surface area contributed by atoms with Crippen molar-refractivity contribution in [1.82, 2.24) is 0 Å². The van der Waals surface area contributed by atoms with E-state index < -0.39 is 26.6 Å². The van der Waals surface area contributed by atoms with Gasteiger partial charge in [0.05, 0.1) is 30.3 Å². The molecule has 0 aromatic heterocycles. The van der Waals surface area contributed by atoms with Crippen LogP contribution in [0.3, 0.4) is 0 Å². The standard InChI is InChI=1S/C35H40ClI2N3O5S2/c1-34(2)27-19-25(37)9-11-29(27)39(15-17-47(42)43)31(34)13-7-23-21-41(5,6)22-24(33(23)36)8-14-32-35(3,4)28-20-26(38)10-12-30(28)40(32)16-18-48(44,45)46/h7-14,19-20H,15-18,21-22H2,1-6H3/p+2. The van der Waals surface area contributed by atoms with Crippen LogP contribution in [0.5, 0.6) is 0 Å². The molecule has 2 aromatic rings. The third kappa shape index (κ3) is 7.90. The molecule has 0 saturated carbocycles. The molecule has 0 fully saturated rings. The number of fused-ring (bicyclic) bond motifs is 2. The highest BCUT2D eigenvalue weighted by atomic mass is 127. The van der Waals surface area contributed by atoms with E-state index in [0.29, 0.717) is 22.6 Å². The number of nitrogens with zero attached hydrogens (tertiary/aromatic N) is 3. The fourth-order valence-corrected chi connectivity index (χ4v) is 9.07. The summed E-state index contributed by atoms with van der Waals surface area (Å²) in [5, 5.41) is 0.680. The zero-order valence-corrected chi connectivity index (χ0v) is 34.6. The molecular weight excluding hydrogens is 896 g/mol. The molecule has 2 N–H and O–H groups in total. The Morgan fingerprint density at radius 3 is 2.29 bits per heavy atom. The maximum absolute atomic E-state index is 11.8. The molecule has 13 heteroatoms. The summed E-state index contributed by atoms with van der Waals surface area (Å²) in [5.74, 6) is -0.250. The van der Waals surface area contributed by atoms with Crippen LogP contribution in [-0.4, -0.2) is 88.3 Å². The lowest BCUT2D eigenvalue weighted by Crippen LogP contribution is -2.45. The van der Waals surface area contributed by atoms with Gasteiger partial charge in [-0.3, -0.25) is 4.55 Å². The lowest BCUT2D eigenvalue weighted by Gasteiger charge is -2.35. The molecule has 48 heavy (non-hydrogen) atoms. The average Bonchev–Trinajstić information content (AvgIpc) is 3.31. The average molecular weight is 938 g/mol. The third-order valence-corrected chi connectivity index (χ3v) is 12.5. The summed E-state index contributed by atoms with van der Waals surface area (Å²) in [4.78, 5) is 1.99. The smallest absolute Gasteiger partial charge is 0.266 e. The number of benzene rings is 2. The minimum Gasteiger partial charge on any atom is -0.343 e. The maximum atomic E-state index is 11.8. The van der Waals surface area contributed by atoms with Gasteiger partial charge in [0.1, 0.15) is 18.8 Å². The van der Waals surface area contributed by atoms with Gasteiger partial charge in [0.15, 0.2) is 23.3 Å². The topological polar surface area (TPSA) is 97.9 Å². The normalized spacial score (nSPS) is 22.3. The molecule has 5 rings (SSSR count). The molecule has 0 spiro atoms. The summed E-state index contributed by atoms with van der Waals surface area (Å²) in [6.45, 7) is 10.6. The Bertz CT molecular complexity index is 1960. The van der Waals surface area contributed by atoms with Crippen LogP contribution in [0.1, 0.15) is 38.8 Å². The van der Waals surface area contributed by atoms with Crippen LogP contribution in [0.4, 0.5) is 11.4 Å².